The number of carbonyl (C=O) groups is 1. The van der Waals surface area contributed by atoms with Crippen LogP contribution < -0.4 is 0 Å². The monoisotopic (exact) mass is 313 g/mol. The van der Waals surface area contributed by atoms with E-state index in [4.69, 9.17) is 0 Å². The number of hydrogen-bond donors (Lipinski definition) is 0. The maximum Gasteiger partial charge on any atom is 0.257 e. The van der Waals surface area contributed by atoms with Gasteiger partial charge in [-0.25, -0.2) is 4.39 Å². The Morgan fingerprint density at radius 3 is 2.67 bits per heavy atom. The minimum absolute atomic E-state index is 0.173. The van der Waals surface area contributed by atoms with Crippen molar-refractivity contribution in [2.45, 2.75) is 38.6 Å². The summed E-state index contributed by atoms with van der Waals surface area (Å²) in [5.41, 5.74) is 0.173. The van der Waals surface area contributed by atoms with E-state index < -0.39 is 5.82 Å². The van der Waals surface area contributed by atoms with E-state index in [1.54, 1.807) is 17.0 Å². The van der Waals surface area contributed by atoms with Gasteiger partial charge in [0.2, 0.25) is 0 Å². The third-order valence-electron chi connectivity index (χ3n) is 3.53. The largest absolute Gasteiger partial charge is 0.336 e. The van der Waals surface area contributed by atoms with Crippen molar-refractivity contribution in [3.63, 3.8) is 0 Å². The number of carbonyl (C=O) groups excluding carboxylic acids is 1. The number of nitrogens with zero attached hydrogens (tertiary/aromatic N) is 1. The third-order valence-corrected chi connectivity index (χ3v) is 4.02. The molecule has 1 fully saturated rings. The molecular formula is C14H17BrFNO. The second-order valence-electron chi connectivity index (χ2n) is 4.65. The molecule has 0 radical (unpaired) electrons. The first-order chi connectivity index (χ1) is 8.63. The zero-order chi connectivity index (χ0) is 13.1. The quantitative estimate of drug-likeness (QED) is 0.826. The maximum absolute atomic E-state index is 13.8. The maximum atomic E-state index is 13.8. The van der Waals surface area contributed by atoms with E-state index in [1.165, 1.54) is 6.07 Å². The molecular weight excluding hydrogens is 297 g/mol. The van der Waals surface area contributed by atoms with E-state index in [0.717, 1.165) is 25.7 Å². The summed E-state index contributed by atoms with van der Waals surface area (Å²) in [4.78, 5) is 14.2. The molecule has 0 aromatic heterocycles. The number of amides is 1. The highest BCUT2D eigenvalue weighted by molar-refractivity contribution is 9.10. The Balaban J connectivity index is 2.22. The summed E-state index contributed by atoms with van der Waals surface area (Å²) < 4.78 is 14.5. The van der Waals surface area contributed by atoms with Crippen LogP contribution in [-0.2, 0) is 0 Å². The lowest BCUT2D eigenvalue weighted by molar-refractivity contribution is 0.0689. The minimum Gasteiger partial charge on any atom is -0.336 e. The van der Waals surface area contributed by atoms with Crippen LogP contribution in [0.15, 0.2) is 22.7 Å². The van der Waals surface area contributed by atoms with Crippen molar-refractivity contribution in [1.82, 2.24) is 4.90 Å². The van der Waals surface area contributed by atoms with Gasteiger partial charge in [-0.15, -0.1) is 0 Å². The fourth-order valence-electron chi connectivity index (χ4n) is 2.60. The van der Waals surface area contributed by atoms with Crippen LogP contribution in [0.4, 0.5) is 4.39 Å². The smallest absolute Gasteiger partial charge is 0.257 e. The van der Waals surface area contributed by atoms with Gasteiger partial charge in [0.05, 0.1) is 5.56 Å². The molecule has 0 heterocycles. The molecule has 0 saturated heterocycles. The van der Waals surface area contributed by atoms with Gasteiger partial charge in [0, 0.05) is 17.1 Å². The number of benzene rings is 1. The van der Waals surface area contributed by atoms with Crippen molar-refractivity contribution in [1.29, 1.82) is 0 Å². The van der Waals surface area contributed by atoms with Gasteiger partial charge in [-0.05, 0) is 38.0 Å². The average Bonchev–Trinajstić information content (AvgIpc) is 2.83. The Morgan fingerprint density at radius 2 is 2.11 bits per heavy atom. The third kappa shape index (κ3) is 2.74. The lowest BCUT2D eigenvalue weighted by Crippen LogP contribution is -2.39. The molecule has 1 amide bonds. The van der Waals surface area contributed by atoms with Gasteiger partial charge in [0.1, 0.15) is 5.82 Å². The molecule has 1 aliphatic carbocycles. The van der Waals surface area contributed by atoms with Crippen LogP contribution >= 0.6 is 15.9 Å². The molecule has 18 heavy (non-hydrogen) atoms. The Labute approximate surface area is 115 Å². The highest BCUT2D eigenvalue weighted by Gasteiger charge is 2.27. The lowest BCUT2D eigenvalue weighted by Gasteiger charge is -2.27. The Kier molecular flexibility index (Phi) is 4.38. The predicted octanol–water partition coefficient (Wildman–Crippen LogP) is 3.99. The van der Waals surface area contributed by atoms with Crippen LogP contribution in [-0.4, -0.2) is 23.4 Å². The summed E-state index contributed by atoms with van der Waals surface area (Å²) in [5, 5.41) is 0. The molecule has 0 bridgehead atoms. The highest BCUT2D eigenvalue weighted by atomic mass is 79.9. The topological polar surface area (TPSA) is 20.3 Å². The summed E-state index contributed by atoms with van der Waals surface area (Å²) in [6, 6.07) is 4.89. The fourth-order valence-corrected chi connectivity index (χ4v) is 2.93. The van der Waals surface area contributed by atoms with Gasteiger partial charge in [-0.2, -0.15) is 0 Å². The molecule has 2 rings (SSSR count). The molecule has 0 unspecified atom stereocenters. The number of rotatable bonds is 3. The Morgan fingerprint density at radius 1 is 1.44 bits per heavy atom. The zero-order valence-corrected chi connectivity index (χ0v) is 12.0. The predicted molar refractivity (Wildman–Crippen MR) is 73.1 cm³/mol. The summed E-state index contributed by atoms with van der Waals surface area (Å²) in [6.45, 7) is 2.59. The molecule has 1 saturated carbocycles. The Hall–Kier alpha value is -0.900. The van der Waals surface area contributed by atoms with E-state index in [9.17, 15) is 9.18 Å². The van der Waals surface area contributed by atoms with Crippen LogP contribution in [0.3, 0.4) is 0 Å². The molecule has 0 N–H and O–H groups in total. The first kappa shape index (κ1) is 13.5. The second-order valence-corrected chi connectivity index (χ2v) is 5.57. The summed E-state index contributed by atoms with van der Waals surface area (Å²) in [5.74, 6) is -0.639. The first-order valence-electron chi connectivity index (χ1n) is 6.39. The van der Waals surface area contributed by atoms with Crippen LogP contribution in [0.5, 0.6) is 0 Å². The molecule has 1 aliphatic rings. The number of halogens is 2. The van der Waals surface area contributed by atoms with Gasteiger partial charge in [-0.3, -0.25) is 4.79 Å². The van der Waals surface area contributed by atoms with Crippen LogP contribution in [0, 0.1) is 5.82 Å². The molecule has 98 valence electrons. The van der Waals surface area contributed by atoms with Crippen molar-refractivity contribution in [2.24, 2.45) is 0 Å². The molecule has 2 nitrogen and oxygen atoms in total. The Bertz CT molecular complexity index is 443. The van der Waals surface area contributed by atoms with Crippen molar-refractivity contribution < 1.29 is 9.18 Å². The van der Waals surface area contributed by atoms with E-state index in [-0.39, 0.29) is 17.5 Å². The van der Waals surface area contributed by atoms with E-state index in [1.807, 2.05) is 6.92 Å². The first-order valence-corrected chi connectivity index (χ1v) is 7.18. The van der Waals surface area contributed by atoms with Gasteiger partial charge < -0.3 is 4.90 Å². The fraction of sp³-hybridized carbons (Fsp3) is 0.500. The van der Waals surface area contributed by atoms with Gasteiger partial charge in [0.15, 0.2) is 0 Å². The SMILES string of the molecule is CCN(C(=O)c1ccc(Br)cc1F)C1CCCC1. The lowest BCUT2D eigenvalue weighted by atomic mass is 10.1. The van der Waals surface area contributed by atoms with Gasteiger partial charge >= 0.3 is 0 Å². The van der Waals surface area contributed by atoms with E-state index in [0.29, 0.717) is 11.0 Å². The van der Waals surface area contributed by atoms with E-state index >= 15 is 0 Å². The normalized spacial score (nSPS) is 15.9. The molecule has 1 aromatic rings. The zero-order valence-electron chi connectivity index (χ0n) is 10.5. The molecule has 1 aromatic carbocycles. The highest BCUT2D eigenvalue weighted by Crippen LogP contribution is 2.25. The van der Waals surface area contributed by atoms with Gasteiger partial charge in [-0.1, -0.05) is 28.8 Å². The number of hydrogen-bond acceptors (Lipinski definition) is 1. The van der Waals surface area contributed by atoms with Crippen LogP contribution in [0.2, 0.25) is 0 Å². The molecule has 0 spiro atoms. The second kappa shape index (κ2) is 5.83. The molecule has 0 atom stereocenters. The van der Waals surface area contributed by atoms with Crippen molar-refractivity contribution in [2.75, 3.05) is 6.54 Å². The standard InChI is InChI=1S/C14H17BrFNO/c1-2-17(11-5-3-4-6-11)14(18)12-8-7-10(15)9-13(12)16/h7-9,11H,2-6H2,1H3. The summed E-state index contributed by atoms with van der Waals surface area (Å²) in [7, 11) is 0. The summed E-state index contributed by atoms with van der Waals surface area (Å²) in [6.07, 6.45) is 4.41. The van der Waals surface area contributed by atoms with E-state index in [2.05, 4.69) is 15.9 Å². The van der Waals surface area contributed by atoms with Crippen molar-refractivity contribution >= 4 is 21.8 Å². The molecule has 0 aliphatic heterocycles. The minimum atomic E-state index is -0.453. The van der Waals surface area contributed by atoms with Gasteiger partial charge in [0.25, 0.3) is 5.91 Å². The van der Waals surface area contributed by atoms with Crippen LogP contribution in [0.1, 0.15) is 43.0 Å². The summed E-state index contributed by atoms with van der Waals surface area (Å²) >= 11 is 3.20. The average molecular weight is 314 g/mol. The van der Waals surface area contributed by atoms with Crippen molar-refractivity contribution in [3.8, 4) is 0 Å². The molecule has 4 heteroatoms. The van der Waals surface area contributed by atoms with Crippen molar-refractivity contribution in [3.05, 3.63) is 34.1 Å². The van der Waals surface area contributed by atoms with Crippen LogP contribution in [0.25, 0.3) is 0 Å².